The maximum Gasteiger partial charge on any atom is 0.335 e. The summed E-state index contributed by atoms with van der Waals surface area (Å²) < 4.78 is 4.90. The number of hydrogen-bond donors (Lipinski definition) is 0. The predicted molar refractivity (Wildman–Crippen MR) is 53.4 cm³/mol. The molecule has 0 saturated carbocycles. The lowest BCUT2D eigenvalue weighted by molar-refractivity contribution is -0.157. The number of amides is 1. The molecular formula is C10H14N2O3. The summed E-state index contributed by atoms with van der Waals surface area (Å²) in [7, 11) is 1.47. The molecule has 82 valence electrons. The van der Waals surface area contributed by atoms with Crippen LogP contribution in [0.2, 0.25) is 0 Å². The van der Waals surface area contributed by atoms with E-state index < -0.39 is 12.2 Å². The molecule has 0 radical (unpaired) electrons. The van der Waals surface area contributed by atoms with Gasteiger partial charge in [-0.1, -0.05) is 6.58 Å². The highest BCUT2D eigenvalue weighted by molar-refractivity contribution is 5.87. The molecule has 0 aromatic carbocycles. The monoisotopic (exact) mass is 210 g/mol. The maximum absolute atomic E-state index is 11.2. The summed E-state index contributed by atoms with van der Waals surface area (Å²) in [6, 6.07) is 1.73. The number of ether oxygens (including phenoxy) is 1. The van der Waals surface area contributed by atoms with Crippen molar-refractivity contribution in [3.63, 3.8) is 0 Å². The number of carbonyl (C=O) groups is 2. The average molecular weight is 210 g/mol. The Bertz CT molecular complexity index is 317. The molecule has 0 saturated heterocycles. The van der Waals surface area contributed by atoms with Gasteiger partial charge < -0.3 is 9.64 Å². The minimum Gasteiger partial charge on any atom is -0.438 e. The average Bonchev–Trinajstić information content (AvgIpc) is 2.16. The summed E-state index contributed by atoms with van der Waals surface area (Å²) in [5, 5.41) is 8.32. The van der Waals surface area contributed by atoms with E-state index in [1.807, 2.05) is 0 Å². The van der Waals surface area contributed by atoms with E-state index in [2.05, 4.69) is 6.58 Å². The summed E-state index contributed by atoms with van der Waals surface area (Å²) in [6.45, 7) is 6.49. The fourth-order valence-electron chi connectivity index (χ4n) is 0.730. The van der Waals surface area contributed by atoms with Crippen LogP contribution in [0.5, 0.6) is 0 Å². The van der Waals surface area contributed by atoms with Crippen molar-refractivity contribution in [2.24, 2.45) is 0 Å². The molecule has 0 bridgehead atoms. The molecule has 0 aliphatic rings. The molecule has 0 aliphatic carbocycles. The zero-order chi connectivity index (χ0) is 12.0. The number of esters is 1. The van der Waals surface area contributed by atoms with Crippen LogP contribution in [0.3, 0.4) is 0 Å². The van der Waals surface area contributed by atoms with Gasteiger partial charge in [-0.05, 0) is 13.8 Å². The largest absolute Gasteiger partial charge is 0.438 e. The quantitative estimate of drug-likeness (QED) is 0.391. The van der Waals surface area contributed by atoms with Crippen molar-refractivity contribution < 1.29 is 14.3 Å². The van der Waals surface area contributed by atoms with Crippen molar-refractivity contribution >= 4 is 11.9 Å². The van der Waals surface area contributed by atoms with Gasteiger partial charge in [-0.2, -0.15) is 5.26 Å². The van der Waals surface area contributed by atoms with Gasteiger partial charge in [0.05, 0.1) is 6.07 Å². The Morgan fingerprint density at radius 1 is 1.60 bits per heavy atom. The van der Waals surface area contributed by atoms with Gasteiger partial charge in [0.2, 0.25) is 5.91 Å². The number of nitrogens with zero attached hydrogens (tertiary/aromatic N) is 2. The molecule has 0 rings (SSSR count). The fourth-order valence-corrected chi connectivity index (χ4v) is 0.730. The van der Waals surface area contributed by atoms with E-state index in [9.17, 15) is 9.59 Å². The SMILES string of the molecule is C=C(C)C(=O)OC(C)N(C)C(=O)CC#N. The van der Waals surface area contributed by atoms with Crippen LogP contribution in [-0.4, -0.2) is 30.1 Å². The lowest BCUT2D eigenvalue weighted by atomic mass is 10.3. The van der Waals surface area contributed by atoms with Gasteiger partial charge in [-0.25, -0.2) is 4.79 Å². The number of carbonyl (C=O) groups excluding carboxylic acids is 2. The van der Waals surface area contributed by atoms with E-state index in [-0.39, 0.29) is 17.9 Å². The molecule has 0 aliphatic heterocycles. The minimum atomic E-state index is -0.699. The first-order valence-electron chi connectivity index (χ1n) is 4.39. The Labute approximate surface area is 88.9 Å². The third kappa shape index (κ3) is 4.27. The topological polar surface area (TPSA) is 70.4 Å². The van der Waals surface area contributed by atoms with Crippen molar-refractivity contribution in [3.05, 3.63) is 12.2 Å². The molecule has 15 heavy (non-hydrogen) atoms. The second-order valence-electron chi connectivity index (χ2n) is 3.12. The van der Waals surface area contributed by atoms with E-state index in [0.717, 1.165) is 0 Å². The van der Waals surface area contributed by atoms with Gasteiger partial charge >= 0.3 is 5.97 Å². The van der Waals surface area contributed by atoms with Crippen molar-refractivity contribution in [1.82, 2.24) is 4.90 Å². The highest BCUT2D eigenvalue weighted by Crippen LogP contribution is 2.03. The molecule has 0 fully saturated rings. The molecular weight excluding hydrogens is 196 g/mol. The lowest BCUT2D eigenvalue weighted by Gasteiger charge is -2.23. The van der Waals surface area contributed by atoms with E-state index in [4.69, 9.17) is 10.00 Å². The standard InChI is InChI=1S/C10H14N2O3/c1-7(2)10(14)15-8(3)12(4)9(13)5-6-11/h8H,1,5H2,2-4H3. The smallest absolute Gasteiger partial charge is 0.335 e. The molecule has 1 amide bonds. The molecule has 0 aromatic rings. The normalized spacial score (nSPS) is 11.1. The van der Waals surface area contributed by atoms with Gasteiger partial charge in [0.15, 0.2) is 6.23 Å². The zero-order valence-corrected chi connectivity index (χ0v) is 9.11. The number of nitriles is 1. The van der Waals surface area contributed by atoms with E-state index >= 15 is 0 Å². The Kier molecular flexibility index (Phi) is 5.10. The molecule has 0 N–H and O–H groups in total. The van der Waals surface area contributed by atoms with Gasteiger partial charge in [-0.15, -0.1) is 0 Å². The van der Waals surface area contributed by atoms with Crippen molar-refractivity contribution in [1.29, 1.82) is 5.26 Å². The molecule has 1 atom stereocenters. The molecule has 1 unspecified atom stereocenters. The summed E-state index contributed by atoms with van der Waals surface area (Å²) in [5.74, 6) is -0.946. The lowest BCUT2D eigenvalue weighted by Crippen LogP contribution is -2.38. The maximum atomic E-state index is 11.2. The van der Waals surface area contributed by atoms with Crippen molar-refractivity contribution in [3.8, 4) is 6.07 Å². The summed E-state index contributed by atoms with van der Waals surface area (Å²) >= 11 is 0. The number of hydrogen-bond acceptors (Lipinski definition) is 4. The van der Waals surface area contributed by atoms with E-state index in [1.54, 1.807) is 13.0 Å². The van der Waals surface area contributed by atoms with Crippen LogP contribution in [0.15, 0.2) is 12.2 Å². The molecule has 0 aromatic heterocycles. The number of rotatable bonds is 4. The first kappa shape index (κ1) is 13.2. The van der Waals surface area contributed by atoms with Crippen LogP contribution in [0.1, 0.15) is 20.3 Å². The highest BCUT2D eigenvalue weighted by atomic mass is 16.6. The van der Waals surface area contributed by atoms with Crippen LogP contribution in [-0.2, 0) is 14.3 Å². The zero-order valence-electron chi connectivity index (χ0n) is 9.11. The Morgan fingerprint density at radius 2 is 2.13 bits per heavy atom. The second kappa shape index (κ2) is 5.81. The van der Waals surface area contributed by atoms with E-state index in [0.29, 0.717) is 0 Å². The van der Waals surface area contributed by atoms with Crippen LogP contribution >= 0.6 is 0 Å². The van der Waals surface area contributed by atoms with Crippen LogP contribution in [0, 0.1) is 11.3 Å². The van der Waals surface area contributed by atoms with Gasteiger partial charge in [0.1, 0.15) is 6.42 Å². The first-order valence-corrected chi connectivity index (χ1v) is 4.39. The second-order valence-corrected chi connectivity index (χ2v) is 3.12. The predicted octanol–water partition coefficient (Wildman–Crippen LogP) is 0.824. The summed E-state index contributed by atoms with van der Waals surface area (Å²) in [6.07, 6.45) is -0.930. The third-order valence-corrected chi connectivity index (χ3v) is 1.80. The third-order valence-electron chi connectivity index (χ3n) is 1.80. The fraction of sp³-hybridized carbons (Fsp3) is 0.500. The Hall–Kier alpha value is -1.83. The van der Waals surface area contributed by atoms with Gasteiger partial charge in [0, 0.05) is 12.6 Å². The first-order chi connectivity index (χ1) is 6.90. The molecule has 0 spiro atoms. The Balaban J connectivity index is 4.28. The van der Waals surface area contributed by atoms with Gasteiger partial charge in [-0.3, -0.25) is 4.79 Å². The summed E-state index contributed by atoms with van der Waals surface area (Å²) in [4.78, 5) is 23.5. The molecule has 0 heterocycles. The van der Waals surface area contributed by atoms with Crippen LogP contribution < -0.4 is 0 Å². The van der Waals surface area contributed by atoms with Crippen molar-refractivity contribution in [2.45, 2.75) is 26.5 Å². The minimum absolute atomic E-state index is 0.231. The van der Waals surface area contributed by atoms with Gasteiger partial charge in [0.25, 0.3) is 0 Å². The highest BCUT2D eigenvalue weighted by Gasteiger charge is 2.18. The Morgan fingerprint density at radius 3 is 2.53 bits per heavy atom. The van der Waals surface area contributed by atoms with Crippen molar-refractivity contribution in [2.75, 3.05) is 7.05 Å². The molecule has 5 heteroatoms. The molecule has 5 nitrogen and oxygen atoms in total. The summed E-state index contributed by atoms with van der Waals surface area (Å²) in [5.41, 5.74) is 0.267. The van der Waals surface area contributed by atoms with Crippen LogP contribution in [0.25, 0.3) is 0 Å². The van der Waals surface area contributed by atoms with E-state index in [1.165, 1.54) is 18.9 Å². The van der Waals surface area contributed by atoms with Crippen LogP contribution in [0.4, 0.5) is 0 Å².